The molecule has 0 bridgehead atoms. The average Bonchev–Trinajstić information content (AvgIpc) is 2.68. The van der Waals surface area contributed by atoms with Gasteiger partial charge in [-0.1, -0.05) is 0 Å². The molecule has 4 nitrogen and oxygen atoms in total. The van der Waals surface area contributed by atoms with Gasteiger partial charge in [0.2, 0.25) is 0 Å². The van der Waals surface area contributed by atoms with Crippen LogP contribution in [0.5, 0.6) is 5.75 Å². The van der Waals surface area contributed by atoms with E-state index in [0.717, 1.165) is 31.1 Å². The van der Waals surface area contributed by atoms with E-state index in [9.17, 15) is 0 Å². The molecule has 0 aromatic carbocycles. The van der Waals surface area contributed by atoms with Crippen LogP contribution < -0.4 is 15.4 Å². The van der Waals surface area contributed by atoms with Crippen LogP contribution in [0.3, 0.4) is 0 Å². The second-order valence-electron chi connectivity index (χ2n) is 4.40. The average molecular weight is 221 g/mol. The van der Waals surface area contributed by atoms with Crippen molar-refractivity contribution in [1.82, 2.24) is 10.3 Å². The first-order valence-corrected chi connectivity index (χ1v) is 5.80. The van der Waals surface area contributed by atoms with E-state index in [-0.39, 0.29) is 5.54 Å². The van der Waals surface area contributed by atoms with E-state index in [1.807, 2.05) is 19.1 Å². The highest BCUT2D eigenvalue weighted by Gasteiger charge is 2.29. The number of rotatable bonds is 4. The molecule has 1 aromatic heterocycles. The molecular formula is C12H19N3O. The number of pyridine rings is 1. The van der Waals surface area contributed by atoms with Crippen LogP contribution in [0.1, 0.15) is 20.3 Å². The zero-order valence-corrected chi connectivity index (χ0v) is 9.92. The molecule has 1 fully saturated rings. The Kier molecular flexibility index (Phi) is 3.29. The molecule has 2 N–H and O–H groups in total. The molecule has 1 aliphatic rings. The molecule has 0 spiro atoms. The number of anilines is 1. The summed E-state index contributed by atoms with van der Waals surface area (Å²) in [5.74, 6) is 1.67. The fourth-order valence-electron chi connectivity index (χ4n) is 1.97. The standard InChI is InChI=1S/C12H19N3O/c1-3-16-10-5-4-7-14-11(10)15-12(2)6-8-13-9-12/h4-5,7,13H,3,6,8-9H2,1-2H3,(H,14,15). The first-order valence-electron chi connectivity index (χ1n) is 5.80. The van der Waals surface area contributed by atoms with Crippen molar-refractivity contribution in [3.8, 4) is 5.75 Å². The van der Waals surface area contributed by atoms with Crippen molar-refractivity contribution in [2.45, 2.75) is 25.8 Å². The van der Waals surface area contributed by atoms with Crippen molar-refractivity contribution in [2.75, 3.05) is 25.0 Å². The molecule has 0 saturated carbocycles. The third-order valence-electron chi connectivity index (χ3n) is 2.86. The predicted molar refractivity (Wildman–Crippen MR) is 64.9 cm³/mol. The van der Waals surface area contributed by atoms with Gasteiger partial charge in [0.1, 0.15) is 0 Å². The third kappa shape index (κ3) is 2.44. The third-order valence-corrected chi connectivity index (χ3v) is 2.86. The van der Waals surface area contributed by atoms with E-state index in [0.29, 0.717) is 6.61 Å². The van der Waals surface area contributed by atoms with Gasteiger partial charge in [0.05, 0.1) is 6.61 Å². The van der Waals surface area contributed by atoms with Crippen LogP contribution in [0.25, 0.3) is 0 Å². The van der Waals surface area contributed by atoms with E-state index >= 15 is 0 Å². The molecule has 1 saturated heterocycles. The van der Waals surface area contributed by atoms with Crippen LogP contribution in [0.4, 0.5) is 5.82 Å². The Morgan fingerprint density at radius 2 is 2.50 bits per heavy atom. The lowest BCUT2D eigenvalue weighted by Crippen LogP contribution is -2.37. The normalized spacial score (nSPS) is 24.4. The minimum atomic E-state index is 0.0835. The quantitative estimate of drug-likeness (QED) is 0.811. The first-order chi connectivity index (χ1) is 7.73. The number of hydrogen-bond donors (Lipinski definition) is 2. The topological polar surface area (TPSA) is 46.2 Å². The van der Waals surface area contributed by atoms with Gasteiger partial charge >= 0.3 is 0 Å². The van der Waals surface area contributed by atoms with E-state index in [1.54, 1.807) is 6.20 Å². The maximum Gasteiger partial charge on any atom is 0.169 e. The number of hydrogen-bond acceptors (Lipinski definition) is 4. The first kappa shape index (κ1) is 11.2. The molecule has 16 heavy (non-hydrogen) atoms. The SMILES string of the molecule is CCOc1cccnc1NC1(C)CCNC1. The molecule has 1 atom stereocenters. The lowest BCUT2D eigenvalue weighted by atomic mass is 10.0. The molecule has 1 aromatic rings. The van der Waals surface area contributed by atoms with Crippen molar-refractivity contribution < 1.29 is 4.74 Å². The van der Waals surface area contributed by atoms with Crippen LogP contribution in [-0.4, -0.2) is 30.2 Å². The van der Waals surface area contributed by atoms with Gasteiger partial charge in [0.15, 0.2) is 11.6 Å². The fourth-order valence-corrected chi connectivity index (χ4v) is 1.97. The highest BCUT2D eigenvalue weighted by molar-refractivity contribution is 5.51. The molecular weight excluding hydrogens is 202 g/mol. The largest absolute Gasteiger partial charge is 0.490 e. The molecule has 0 radical (unpaired) electrons. The maximum atomic E-state index is 5.55. The summed E-state index contributed by atoms with van der Waals surface area (Å²) in [6.07, 6.45) is 2.89. The van der Waals surface area contributed by atoms with E-state index < -0.39 is 0 Å². The van der Waals surface area contributed by atoms with Gasteiger partial charge in [-0.15, -0.1) is 0 Å². The Bertz CT molecular complexity index is 348. The Labute approximate surface area is 96.4 Å². The summed E-state index contributed by atoms with van der Waals surface area (Å²) in [7, 11) is 0. The van der Waals surface area contributed by atoms with Crippen LogP contribution in [-0.2, 0) is 0 Å². The zero-order chi connectivity index (χ0) is 11.4. The molecule has 88 valence electrons. The van der Waals surface area contributed by atoms with E-state index in [1.165, 1.54) is 0 Å². The summed E-state index contributed by atoms with van der Waals surface area (Å²) in [5, 5.41) is 6.83. The molecule has 4 heteroatoms. The fraction of sp³-hybridized carbons (Fsp3) is 0.583. The van der Waals surface area contributed by atoms with Crippen LogP contribution in [0.15, 0.2) is 18.3 Å². The van der Waals surface area contributed by atoms with E-state index in [2.05, 4.69) is 22.5 Å². The second kappa shape index (κ2) is 4.70. The summed E-state index contributed by atoms with van der Waals surface area (Å²) in [4.78, 5) is 4.34. The lowest BCUT2D eigenvalue weighted by Gasteiger charge is -2.26. The van der Waals surface area contributed by atoms with Crippen LogP contribution >= 0.6 is 0 Å². The van der Waals surface area contributed by atoms with Gasteiger partial charge in [-0.05, 0) is 38.9 Å². The van der Waals surface area contributed by atoms with Crippen molar-refractivity contribution >= 4 is 5.82 Å². The summed E-state index contributed by atoms with van der Waals surface area (Å²) in [6, 6.07) is 3.84. The van der Waals surface area contributed by atoms with Crippen LogP contribution in [0.2, 0.25) is 0 Å². The predicted octanol–water partition coefficient (Wildman–Crippen LogP) is 1.64. The van der Waals surface area contributed by atoms with Gasteiger partial charge < -0.3 is 15.4 Å². The van der Waals surface area contributed by atoms with E-state index in [4.69, 9.17) is 4.74 Å². The molecule has 1 aliphatic heterocycles. The minimum Gasteiger partial charge on any atom is -0.490 e. The molecule has 2 heterocycles. The highest BCUT2D eigenvalue weighted by atomic mass is 16.5. The molecule has 0 amide bonds. The Balaban J connectivity index is 2.13. The number of aromatic nitrogens is 1. The number of ether oxygens (including phenoxy) is 1. The lowest BCUT2D eigenvalue weighted by molar-refractivity contribution is 0.339. The van der Waals surface area contributed by atoms with Crippen LogP contribution in [0, 0.1) is 0 Å². The Hall–Kier alpha value is -1.29. The van der Waals surface area contributed by atoms with Gasteiger partial charge in [-0.3, -0.25) is 0 Å². The number of nitrogens with zero attached hydrogens (tertiary/aromatic N) is 1. The van der Waals surface area contributed by atoms with Crippen molar-refractivity contribution in [1.29, 1.82) is 0 Å². The van der Waals surface area contributed by atoms with Gasteiger partial charge in [0.25, 0.3) is 0 Å². The Morgan fingerprint density at radius 1 is 1.62 bits per heavy atom. The summed E-state index contributed by atoms with van der Waals surface area (Å²) in [6.45, 7) is 6.87. The highest BCUT2D eigenvalue weighted by Crippen LogP contribution is 2.26. The summed E-state index contributed by atoms with van der Waals surface area (Å²) >= 11 is 0. The number of nitrogens with one attached hydrogen (secondary N) is 2. The Morgan fingerprint density at radius 3 is 3.19 bits per heavy atom. The van der Waals surface area contributed by atoms with Crippen molar-refractivity contribution in [3.05, 3.63) is 18.3 Å². The molecule has 2 rings (SSSR count). The zero-order valence-electron chi connectivity index (χ0n) is 9.92. The van der Waals surface area contributed by atoms with Crippen molar-refractivity contribution in [3.63, 3.8) is 0 Å². The smallest absolute Gasteiger partial charge is 0.169 e. The maximum absolute atomic E-state index is 5.55. The molecule has 1 unspecified atom stereocenters. The second-order valence-corrected chi connectivity index (χ2v) is 4.40. The summed E-state index contributed by atoms with van der Waals surface area (Å²) in [5.41, 5.74) is 0.0835. The van der Waals surface area contributed by atoms with Gasteiger partial charge in [-0.2, -0.15) is 0 Å². The molecule has 0 aliphatic carbocycles. The van der Waals surface area contributed by atoms with Gasteiger partial charge in [-0.25, -0.2) is 4.98 Å². The minimum absolute atomic E-state index is 0.0835. The monoisotopic (exact) mass is 221 g/mol. The van der Waals surface area contributed by atoms with Gasteiger partial charge in [0, 0.05) is 18.3 Å². The summed E-state index contributed by atoms with van der Waals surface area (Å²) < 4.78 is 5.55. The van der Waals surface area contributed by atoms with Crippen molar-refractivity contribution in [2.24, 2.45) is 0 Å².